The molecule has 0 spiro atoms. The number of aryl methyl sites for hydroxylation is 1. The third-order valence-electron chi connectivity index (χ3n) is 4.70. The summed E-state index contributed by atoms with van der Waals surface area (Å²) in [5.41, 5.74) is 4.87. The average Bonchev–Trinajstić information content (AvgIpc) is 3.04. The summed E-state index contributed by atoms with van der Waals surface area (Å²) in [6, 6.07) is 3.71. The first-order valence-electron chi connectivity index (χ1n) is 9.17. The van der Waals surface area contributed by atoms with Gasteiger partial charge in [-0.2, -0.15) is 4.31 Å². The number of anilines is 1. The molecule has 31 heavy (non-hydrogen) atoms. The fraction of sp³-hybridized carbons (Fsp3) is 0.316. The van der Waals surface area contributed by atoms with Crippen molar-refractivity contribution < 1.29 is 32.0 Å². The SMILES string of the molecule is CC(=O)c1c(C)oc(NC(=O)c2cc(S(=O)(=O)N3CCOCC3)ccc2Cl)c1C(N)=O. The molecule has 166 valence electrons. The number of nitrogens with two attached hydrogens (primary N) is 1. The molecule has 0 bridgehead atoms. The molecule has 10 nitrogen and oxygen atoms in total. The first-order valence-corrected chi connectivity index (χ1v) is 11.0. The molecule has 0 saturated carbocycles. The Labute approximate surface area is 183 Å². The van der Waals surface area contributed by atoms with Crippen LogP contribution in [0, 0.1) is 6.92 Å². The number of furan rings is 1. The standard InChI is InChI=1S/C19H20ClN3O7S/c1-10(24)15-11(2)30-19(16(15)17(21)25)22-18(26)13-9-12(3-4-14(13)20)31(27,28)23-5-7-29-8-6-23/h3-4,9H,5-8H2,1-2H3,(H2,21,25)(H,22,26). The average molecular weight is 470 g/mol. The van der Waals surface area contributed by atoms with Gasteiger partial charge in [-0.1, -0.05) is 11.6 Å². The van der Waals surface area contributed by atoms with E-state index in [1.807, 2.05) is 0 Å². The monoisotopic (exact) mass is 469 g/mol. The van der Waals surface area contributed by atoms with Crippen LogP contribution in [0.2, 0.25) is 5.02 Å². The van der Waals surface area contributed by atoms with Crippen molar-refractivity contribution in [3.63, 3.8) is 0 Å². The van der Waals surface area contributed by atoms with Gasteiger partial charge in [0.05, 0.1) is 34.3 Å². The fourth-order valence-electron chi connectivity index (χ4n) is 3.24. The van der Waals surface area contributed by atoms with E-state index in [-0.39, 0.29) is 64.6 Å². The number of nitrogens with one attached hydrogen (secondary N) is 1. The van der Waals surface area contributed by atoms with Crippen molar-refractivity contribution in [2.75, 3.05) is 31.6 Å². The zero-order valence-electron chi connectivity index (χ0n) is 16.7. The molecule has 0 aliphatic carbocycles. The second-order valence-electron chi connectivity index (χ2n) is 6.77. The van der Waals surface area contributed by atoms with Crippen LogP contribution in [0.3, 0.4) is 0 Å². The predicted molar refractivity (Wildman–Crippen MR) is 111 cm³/mol. The second kappa shape index (κ2) is 8.79. The molecule has 12 heteroatoms. The first kappa shape index (κ1) is 22.9. The zero-order valence-corrected chi connectivity index (χ0v) is 18.3. The summed E-state index contributed by atoms with van der Waals surface area (Å²) in [6.45, 7) is 3.59. The number of hydrogen-bond acceptors (Lipinski definition) is 7. The van der Waals surface area contributed by atoms with E-state index in [9.17, 15) is 22.8 Å². The maximum Gasteiger partial charge on any atom is 0.259 e. The van der Waals surface area contributed by atoms with Gasteiger partial charge in [-0.3, -0.25) is 19.7 Å². The highest BCUT2D eigenvalue weighted by Gasteiger charge is 2.29. The lowest BCUT2D eigenvalue weighted by Crippen LogP contribution is -2.40. The van der Waals surface area contributed by atoms with Crippen molar-refractivity contribution >= 4 is 45.1 Å². The number of sulfonamides is 1. The Balaban J connectivity index is 1.97. The predicted octanol–water partition coefficient (Wildman–Crippen LogP) is 1.82. The van der Waals surface area contributed by atoms with Crippen LogP contribution < -0.4 is 11.1 Å². The lowest BCUT2D eigenvalue weighted by atomic mass is 10.1. The number of hydrogen-bond donors (Lipinski definition) is 2. The molecule has 1 saturated heterocycles. The molecule has 3 N–H and O–H groups in total. The maximum atomic E-state index is 12.9. The van der Waals surface area contributed by atoms with Crippen molar-refractivity contribution in [1.82, 2.24) is 4.31 Å². The Morgan fingerprint density at radius 1 is 1.16 bits per heavy atom. The lowest BCUT2D eigenvalue weighted by molar-refractivity contribution is 0.0730. The van der Waals surface area contributed by atoms with Crippen molar-refractivity contribution in [3.8, 4) is 0 Å². The van der Waals surface area contributed by atoms with Gasteiger partial charge < -0.3 is 14.9 Å². The van der Waals surface area contributed by atoms with E-state index < -0.39 is 27.6 Å². The van der Waals surface area contributed by atoms with Gasteiger partial charge in [-0.25, -0.2) is 8.42 Å². The Hall–Kier alpha value is -2.73. The number of primary amides is 1. The van der Waals surface area contributed by atoms with Crippen LogP contribution >= 0.6 is 11.6 Å². The summed E-state index contributed by atoms with van der Waals surface area (Å²) in [5.74, 6) is -2.49. The number of nitrogens with zero attached hydrogens (tertiary/aromatic N) is 1. The van der Waals surface area contributed by atoms with E-state index >= 15 is 0 Å². The van der Waals surface area contributed by atoms with Crippen molar-refractivity contribution in [2.45, 2.75) is 18.7 Å². The molecule has 2 amide bonds. The van der Waals surface area contributed by atoms with Crippen LogP contribution in [0.4, 0.5) is 5.88 Å². The van der Waals surface area contributed by atoms with E-state index in [4.69, 9.17) is 26.5 Å². The summed E-state index contributed by atoms with van der Waals surface area (Å²) >= 11 is 6.12. The Bertz CT molecular complexity index is 1170. The van der Waals surface area contributed by atoms with Crippen LogP contribution in [-0.2, 0) is 14.8 Å². The molecule has 2 aromatic rings. The van der Waals surface area contributed by atoms with E-state index in [1.165, 1.54) is 30.3 Å². The zero-order chi connectivity index (χ0) is 22.9. The highest BCUT2D eigenvalue weighted by atomic mass is 35.5. The Morgan fingerprint density at radius 2 is 1.81 bits per heavy atom. The molecule has 0 radical (unpaired) electrons. The van der Waals surface area contributed by atoms with E-state index in [2.05, 4.69) is 5.32 Å². The van der Waals surface area contributed by atoms with Gasteiger partial charge in [0.25, 0.3) is 11.8 Å². The molecule has 1 aromatic heterocycles. The van der Waals surface area contributed by atoms with Crippen LogP contribution in [0.1, 0.15) is 43.8 Å². The third kappa shape index (κ3) is 4.49. The van der Waals surface area contributed by atoms with Crippen molar-refractivity contribution in [1.29, 1.82) is 0 Å². The van der Waals surface area contributed by atoms with Crippen molar-refractivity contribution in [2.24, 2.45) is 5.73 Å². The van der Waals surface area contributed by atoms with Crippen LogP contribution in [0.25, 0.3) is 0 Å². The number of Topliss-reactive ketones (excluding diaryl/α,β-unsaturated/α-hetero) is 1. The van der Waals surface area contributed by atoms with Gasteiger partial charge in [-0.15, -0.1) is 0 Å². The summed E-state index contributed by atoms with van der Waals surface area (Å²) in [5, 5.41) is 2.33. The molecule has 1 aliphatic rings. The van der Waals surface area contributed by atoms with E-state index in [0.29, 0.717) is 0 Å². The number of morpholine rings is 1. The number of carbonyl (C=O) groups is 3. The Morgan fingerprint density at radius 3 is 2.39 bits per heavy atom. The molecule has 1 fully saturated rings. The number of amides is 2. The van der Waals surface area contributed by atoms with Gasteiger partial charge in [-0.05, 0) is 32.0 Å². The normalized spacial score (nSPS) is 14.9. The third-order valence-corrected chi connectivity index (χ3v) is 6.92. The molecule has 1 aliphatic heterocycles. The quantitative estimate of drug-likeness (QED) is 0.612. The number of ketones is 1. The minimum Gasteiger partial charge on any atom is -0.444 e. The molecule has 2 heterocycles. The van der Waals surface area contributed by atoms with E-state index in [1.54, 1.807) is 0 Å². The van der Waals surface area contributed by atoms with Crippen molar-refractivity contribution in [3.05, 3.63) is 45.7 Å². The summed E-state index contributed by atoms with van der Waals surface area (Å²) in [7, 11) is -3.87. The van der Waals surface area contributed by atoms with Gasteiger partial charge in [0.2, 0.25) is 15.9 Å². The number of benzene rings is 1. The molecule has 3 rings (SSSR count). The maximum absolute atomic E-state index is 12.9. The van der Waals surface area contributed by atoms with Crippen LogP contribution in [0.5, 0.6) is 0 Å². The Kier molecular flexibility index (Phi) is 6.51. The van der Waals surface area contributed by atoms with Gasteiger partial charge >= 0.3 is 0 Å². The highest BCUT2D eigenvalue weighted by Crippen LogP contribution is 2.29. The summed E-state index contributed by atoms with van der Waals surface area (Å²) in [6.07, 6.45) is 0. The number of rotatable bonds is 6. The summed E-state index contributed by atoms with van der Waals surface area (Å²) in [4.78, 5) is 36.4. The van der Waals surface area contributed by atoms with Gasteiger partial charge in [0.1, 0.15) is 11.3 Å². The number of halogens is 1. The lowest BCUT2D eigenvalue weighted by Gasteiger charge is -2.26. The van der Waals surface area contributed by atoms with Crippen LogP contribution in [0.15, 0.2) is 27.5 Å². The first-order chi connectivity index (χ1) is 14.5. The minimum atomic E-state index is -3.87. The smallest absolute Gasteiger partial charge is 0.259 e. The van der Waals surface area contributed by atoms with Crippen LogP contribution in [-0.4, -0.2) is 56.6 Å². The molecular weight excluding hydrogens is 450 g/mol. The summed E-state index contributed by atoms with van der Waals surface area (Å²) < 4.78 is 37.5. The largest absolute Gasteiger partial charge is 0.444 e. The number of carbonyl (C=O) groups excluding carboxylic acids is 3. The van der Waals surface area contributed by atoms with Gasteiger partial charge in [0, 0.05) is 13.1 Å². The van der Waals surface area contributed by atoms with E-state index in [0.717, 1.165) is 6.07 Å². The number of ether oxygens (including phenoxy) is 1. The fourth-order valence-corrected chi connectivity index (χ4v) is 4.88. The second-order valence-corrected chi connectivity index (χ2v) is 9.12. The molecular formula is C19H20ClN3O7S. The topological polar surface area (TPSA) is 149 Å². The minimum absolute atomic E-state index is 0.0193. The molecule has 0 atom stereocenters. The van der Waals surface area contributed by atoms with Gasteiger partial charge in [0.15, 0.2) is 5.78 Å². The molecule has 1 aromatic carbocycles. The molecule has 0 unspecified atom stereocenters. The highest BCUT2D eigenvalue weighted by molar-refractivity contribution is 7.89.